The Balaban J connectivity index is 2.20. The Hall–Kier alpha value is -1.81. The van der Waals surface area contributed by atoms with Gasteiger partial charge < -0.3 is 0 Å². The number of hydrogen-bond donors (Lipinski definition) is 0. The first kappa shape index (κ1) is 13.6. The van der Waals surface area contributed by atoms with Gasteiger partial charge in [-0.15, -0.1) is 0 Å². The van der Waals surface area contributed by atoms with Gasteiger partial charge in [0.05, 0.1) is 5.02 Å². The molecule has 0 spiro atoms. The van der Waals surface area contributed by atoms with Gasteiger partial charge in [-0.05, 0) is 35.9 Å². The highest BCUT2D eigenvalue weighted by Crippen LogP contribution is 2.17. The third-order valence-electron chi connectivity index (χ3n) is 2.59. The van der Waals surface area contributed by atoms with Crippen LogP contribution in [0.2, 0.25) is 5.02 Å². The molecule has 0 aliphatic carbocycles. The molecule has 0 unspecified atom stereocenters. The molecule has 0 radical (unpaired) electrons. The molecule has 2 aromatic carbocycles. The van der Waals surface area contributed by atoms with Crippen molar-refractivity contribution in [2.75, 3.05) is 0 Å². The number of carbonyl (C=O) groups is 1. The lowest BCUT2D eigenvalue weighted by atomic mass is 10.0. The summed E-state index contributed by atoms with van der Waals surface area (Å²) < 4.78 is 38.9. The molecule has 1 nitrogen and oxygen atoms in total. The van der Waals surface area contributed by atoms with Gasteiger partial charge in [-0.3, -0.25) is 4.79 Å². The average molecular weight is 285 g/mol. The maximum atomic E-state index is 13.2. The van der Waals surface area contributed by atoms with Crippen molar-refractivity contribution in [3.8, 4) is 0 Å². The van der Waals surface area contributed by atoms with E-state index in [2.05, 4.69) is 0 Å². The zero-order valence-corrected chi connectivity index (χ0v) is 10.3. The standard InChI is InChI=1S/C14H8ClF3O/c15-10-3-2-9(7-12(10)17)14(19)6-8-1-4-11(16)13(18)5-8/h1-5,7H,6H2. The summed E-state index contributed by atoms with van der Waals surface area (Å²) >= 11 is 5.51. The highest BCUT2D eigenvalue weighted by molar-refractivity contribution is 6.30. The summed E-state index contributed by atoms with van der Waals surface area (Å²) in [4.78, 5) is 11.8. The van der Waals surface area contributed by atoms with Crippen LogP contribution in [0.5, 0.6) is 0 Å². The Labute approximate surface area is 112 Å². The maximum absolute atomic E-state index is 13.2. The highest BCUT2D eigenvalue weighted by atomic mass is 35.5. The molecule has 0 N–H and O–H groups in total. The highest BCUT2D eigenvalue weighted by Gasteiger charge is 2.11. The largest absolute Gasteiger partial charge is 0.294 e. The van der Waals surface area contributed by atoms with Crippen molar-refractivity contribution < 1.29 is 18.0 Å². The van der Waals surface area contributed by atoms with E-state index in [9.17, 15) is 18.0 Å². The van der Waals surface area contributed by atoms with E-state index < -0.39 is 23.2 Å². The number of carbonyl (C=O) groups excluding carboxylic acids is 1. The van der Waals surface area contributed by atoms with Gasteiger partial charge in [-0.2, -0.15) is 0 Å². The number of halogens is 4. The van der Waals surface area contributed by atoms with Crippen LogP contribution in [-0.4, -0.2) is 5.78 Å². The van der Waals surface area contributed by atoms with Gasteiger partial charge in [-0.1, -0.05) is 17.7 Å². The van der Waals surface area contributed by atoms with E-state index in [1.807, 2.05) is 0 Å². The van der Waals surface area contributed by atoms with Gasteiger partial charge in [0, 0.05) is 12.0 Å². The van der Waals surface area contributed by atoms with E-state index >= 15 is 0 Å². The molecule has 2 rings (SSSR count). The lowest BCUT2D eigenvalue weighted by Crippen LogP contribution is -2.04. The van der Waals surface area contributed by atoms with E-state index in [1.165, 1.54) is 18.2 Å². The summed E-state index contributed by atoms with van der Waals surface area (Å²) in [6.45, 7) is 0. The van der Waals surface area contributed by atoms with E-state index in [0.29, 0.717) is 5.56 Å². The fourth-order valence-corrected chi connectivity index (χ4v) is 1.72. The molecular formula is C14H8ClF3O. The summed E-state index contributed by atoms with van der Waals surface area (Å²) in [7, 11) is 0. The summed E-state index contributed by atoms with van der Waals surface area (Å²) in [5.74, 6) is -3.10. The Morgan fingerprint density at radius 2 is 1.68 bits per heavy atom. The fraction of sp³-hybridized carbons (Fsp3) is 0.0714. The Morgan fingerprint density at radius 1 is 0.947 bits per heavy atom. The minimum absolute atomic E-state index is 0.0793. The predicted molar refractivity (Wildman–Crippen MR) is 65.8 cm³/mol. The van der Waals surface area contributed by atoms with Crippen LogP contribution in [0.15, 0.2) is 36.4 Å². The second-order valence-corrected chi connectivity index (χ2v) is 4.38. The molecule has 0 aliphatic heterocycles. The monoisotopic (exact) mass is 284 g/mol. The fourth-order valence-electron chi connectivity index (χ4n) is 1.61. The molecule has 98 valence electrons. The van der Waals surface area contributed by atoms with Crippen LogP contribution < -0.4 is 0 Å². The lowest BCUT2D eigenvalue weighted by Gasteiger charge is -2.03. The van der Waals surface area contributed by atoms with Crippen molar-refractivity contribution >= 4 is 17.4 Å². The van der Waals surface area contributed by atoms with Gasteiger partial charge >= 0.3 is 0 Å². The number of benzene rings is 2. The number of hydrogen-bond acceptors (Lipinski definition) is 1. The van der Waals surface area contributed by atoms with Crippen LogP contribution in [0, 0.1) is 17.5 Å². The predicted octanol–water partition coefficient (Wildman–Crippen LogP) is 4.18. The minimum Gasteiger partial charge on any atom is -0.294 e. The number of ketones is 1. The zero-order chi connectivity index (χ0) is 14.0. The minimum atomic E-state index is -1.02. The quantitative estimate of drug-likeness (QED) is 0.773. The van der Waals surface area contributed by atoms with Crippen LogP contribution in [0.4, 0.5) is 13.2 Å². The van der Waals surface area contributed by atoms with Crippen LogP contribution in [0.1, 0.15) is 15.9 Å². The molecule has 0 aliphatic rings. The summed E-state index contributed by atoms with van der Waals surface area (Å²) in [5, 5.41) is -0.0793. The van der Waals surface area contributed by atoms with E-state index in [4.69, 9.17) is 11.6 Å². The number of Topliss-reactive ketones (excluding diaryl/α,β-unsaturated/α-hetero) is 1. The summed E-state index contributed by atoms with van der Waals surface area (Å²) in [5.41, 5.74) is 0.450. The van der Waals surface area contributed by atoms with Crippen molar-refractivity contribution in [1.29, 1.82) is 0 Å². The maximum Gasteiger partial charge on any atom is 0.167 e. The summed E-state index contributed by atoms with van der Waals surface area (Å²) in [6, 6.07) is 6.87. The van der Waals surface area contributed by atoms with Crippen LogP contribution in [0.3, 0.4) is 0 Å². The average Bonchev–Trinajstić information content (AvgIpc) is 2.37. The first-order chi connectivity index (χ1) is 8.97. The molecule has 0 aromatic heterocycles. The first-order valence-electron chi connectivity index (χ1n) is 5.39. The van der Waals surface area contributed by atoms with Gasteiger partial charge in [0.1, 0.15) is 5.82 Å². The Morgan fingerprint density at radius 3 is 2.32 bits per heavy atom. The van der Waals surface area contributed by atoms with Crippen LogP contribution >= 0.6 is 11.6 Å². The smallest absolute Gasteiger partial charge is 0.167 e. The van der Waals surface area contributed by atoms with Gasteiger partial charge in [0.25, 0.3) is 0 Å². The second-order valence-electron chi connectivity index (χ2n) is 3.98. The third-order valence-corrected chi connectivity index (χ3v) is 2.90. The molecule has 5 heteroatoms. The topological polar surface area (TPSA) is 17.1 Å². The molecule has 0 heterocycles. The first-order valence-corrected chi connectivity index (χ1v) is 5.77. The van der Waals surface area contributed by atoms with Crippen molar-refractivity contribution in [2.45, 2.75) is 6.42 Å². The van der Waals surface area contributed by atoms with Crippen LogP contribution in [-0.2, 0) is 6.42 Å². The number of rotatable bonds is 3. The zero-order valence-electron chi connectivity index (χ0n) is 9.59. The van der Waals surface area contributed by atoms with E-state index in [0.717, 1.165) is 18.2 Å². The Bertz CT molecular complexity index is 641. The second kappa shape index (κ2) is 5.45. The Kier molecular flexibility index (Phi) is 3.90. The van der Waals surface area contributed by atoms with Gasteiger partial charge in [0.15, 0.2) is 17.4 Å². The van der Waals surface area contributed by atoms with Gasteiger partial charge in [-0.25, -0.2) is 13.2 Å². The van der Waals surface area contributed by atoms with Crippen molar-refractivity contribution in [3.05, 3.63) is 70.0 Å². The van der Waals surface area contributed by atoms with E-state index in [-0.39, 0.29) is 17.0 Å². The third kappa shape index (κ3) is 3.15. The molecule has 2 aromatic rings. The van der Waals surface area contributed by atoms with E-state index in [1.54, 1.807) is 0 Å². The van der Waals surface area contributed by atoms with Crippen molar-refractivity contribution in [3.63, 3.8) is 0 Å². The van der Waals surface area contributed by atoms with Crippen LogP contribution in [0.25, 0.3) is 0 Å². The van der Waals surface area contributed by atoms with Crippen molar-refractivity contribution in [2.24, 2.45) is 0 Å². The molecule has 19 heavy (non-hydrogen) atoms. The van der Waals surface area contributed by atoms with Crippen molar-refractivity contribution in [1.82, 2.24) is 0 Å². The molecule has 0 amide bonds. The molecule has 0 fully saturated rings. The van der Waals surface area contributed by atoms with Gasteiger partial charge in [0.2, 0.25) is 0 Å². The molecule has 0 bridgehead atoms. The normalized spacial score (nSPS) is 10.5. The molecule has 0 saturated carbocycles. The SMILES string of the molecule is O=C(Cc1ccc(F)c(F)c1)c1ccc(Cl)c(F)c1. The summed E-state index contributed by atoms with van der Waals surface area (Å²) in [6.07, 6.45) is -0.141. The molecule has 0 atom stereocenters. The molecular weight excluding hydrogens is 277 g/mol. The molecule has 0 saturated heterocycles. The lowest BCUT2D eigenvalue weighted by molar-refractivity contribution is 0.0992.